The highest BCUT2D eigenvalue weighted by Gasteiger charge is 2.54. The first-order chi connectivity index (χ1) is 14.7. The van der Waals surface area contributed by atoms with Crippen molar-refractivity contribution >= 4 is 22.8 Å². The van der Waals surface area contributed by atoms with Crippen LogP contribution in [0.3, 0.4) is 0 Å². The maximum Gasteiger partial charge on any atom is 0.422 e. The molecule has 1 aliphatic rings. The third-order valence-corrected chi connectivity index (χ3v) is 5.32. The SMILES string of the molecule is Cc1ncc2c(/N=C\C(O)(CC3CCOc4ccc(F)cc43)C(F)(F)F)cccc2n1. The summed E-state index contributed by atoms with van der Waals surface area (Å²) in [6.07, 6.45) is -3.49. The number of nitrogens with zero attached hydrogens (tertiary/aromatic N) is 3. The summed E-state index contributed by atoms with van der Waals surface area (Å²) in [6.45, 7) is 1.88. The van der Waals surface area contributed by atoms with E-state index in [1.807, 2.05) is 0 Å². The molecule has 0 fully saturated rings. The molecular weight excluding hydrogens is 414 g/mol. The molecular formula is C22H19F4N3O2. The summed E-state index contributed by atoms with van der Waals surface area (Å²) in [6, 6.07) is 8.56. The Kier molecular flexibility index (Phi) is 5.38. The Morgan fingerprint density at radius 3 is 2.84 bits per heavy atom. The minimum Gasteiger partial charge on any atom is -0.493 e. The molecule has 2 heterocycles. The van der Waals surface area contributed by atoms with Crippen molar-refractivity contribution < 1.29 is 27.4 Å². The third-order valence-electron chi connectivity index (χ3n) is 5.32. The number of halogens is 4. The van der Waals surface area contributed by atoms with E-state index in [4.69, 9.17) is 4.74 Å². The van der Waals surface area contributed by atoms with Crippen LogP contribution in [-0.4, -0.2) is 39.7 Å². The summed E-state index contributed by atoms with van der Waals surface area (Å²) >= 11 is 0. The molecule has 2 unspecified atom stereocenters. The highest BCUT2D eigenvalue weighted by Crippen LogP contribution is 2.43. The number of aromatic nitrogens is 2. The van der Waals surface area contributed by atoms with Crippen molar-refractivity contribution in [3.63, 3.8) is 0 Å². The van der Waals surface area contributed by atoms with Gasteiger partial charge in [-0.15, -0.1) is 0 Å². The lowest BCUT2D eigenvalue weighted by atomic mass is 9.82. The van der Waals surface area contributed by atoms with Crippen molar-refractivity contribution in [2.75, 3.05) is 6.61 Å². The third kappa shape index (κ3) is 4.23. The van der Waals surface area contributed by atoms with E-state index < -0.39 is 29.9 Å². The fraction of sp³-hybridized carbons (Fsp3) is 0.318. The fourth-order valence-electron chi connectivity index (χ4n) is 3.69. The molecule has 4 rings (SSSR count). The number of fused-ring (bicyclic) bond motifs is 2. The quantitative estimate of drug-likeness (QED) is 0.463. The van der Waals surface area contributed by atoms with Crippen LogP contribution in [0.4, 0.5) is 23.2 Å². The summed E-state index contributed by atoms with van der Waals surface area (Å²) < 4.78 is 60.9. The number of hydrogen-bond acceptors (Lipinski definition) is 5. The van der Waals surface area contributed by atoms with Crippen LogP contribution in [0.1, 0.15) is 30.1 Å². The zero-order chi connectivity index (χ0) is 22.2. The normalized spacial score (nSPS) is 18.6. The molecule has 0 saturated heterocycles. The smallest absolute Gasteiger partial charge is 0.422 e. The van der Waals surface area contributed by atoms with Crippen LogP contribution in [0, 0.1) is 12.7 Å². The molecule has 0 spiro atoms. The van der Waals surface area contributed by atoms with E-state index in [0.717, 1.165) is 6.07 Å². The van der Waals surface area contributed by atoms with Crippen LogP contribution in [0.2, 0.25) is 0 Å². The molecule has 1 aliphatic heterocycles. The Bertz CT molecular complexity index is 1150. The number of aryl methyl sites for hydroxylation is 1. The highest BCUT2D eigenvalue weighted by atomic mass is 19.4. The summed E-state index contributed by atoms with van der Waals surface area (Å²) in [5.74, 6) is -0.493. The van der Waals surface area contributed by atoms with Gasteiger partial charge < -0.3 is 9.84 Å². The van der Waals surface area contributed by atoms with Gasteiger partial charge in [0.1, 0.15) is 17.4 Å². The lowest BCUT2D eigenvalue weighted by Gasteiger charge is -2.33. The average molecular weight is 433 g/mol. The number of benzene rings is 2. The molecule has 0 amide bonds. The monoisotopic (exact) mass is 433 g/mol. The number of rotatable bonds is 4. The molecule has 2 atom stereocenters. The van der Waals surface area contributed by atoms with E-state index in [2.05, 4.69) is 15.0 Å². The van der Waals surface area contributed by atoms with E-state index in [0.29, 0.717) is 34.3 Å². The van der Waals surface area contributed by atoms with E-state index in [-0.39, 0.29) is 18.7 Å². The molecule has 0 bridgehead atoms. The predicted molar refractivity (Wildman–Crippen MR) is 107 cm³/mol. The Hall–Kier alpha value is -3.07. The fourth-order valence-corrected chi connectivity index (χ4v) is 3.69. The first-order valence-electron chi connectivity index (χ1n) is 9.65. The van der Waals surface area contributed by atoms with Crippen molar-refractivity contribution in [1.82, 2.24) is 9.97 Å². The summed E-state index contributed by atoms with van der Waals surface area (Å²) in [5.41, 5.74) is -2.17. The number of ether oxygens (including phenoxy) is 1. The summed E-state index contributed by atoms with van der Waals surface area (Å²) in [5, 5.41) is 11.1. The van der Waals surface area contributed by atoms with E-state index in [1.54, 1.807) is 19.1 Å². The van der Waals surface area contributed by atoms with Gasteiger partial charge in [-0.25, -0.2) is 14.4 Å². The molecule has 1 aromatic heterocycles. The maximum atomic E-state index is 13.9. The Morgan fingerprint density at radius 2 is 2.06 bits per heavy atom. The van der Waals surface area contributed by atoms with Gasteiger partial charge in [-0.1, -0.05) is 6.07 Å². The summed E-state index contributed by atoms with van der Waals surface area (Å²) in [7, 11) is 0. The van der Waals surface area contributed by atoms with Crippen molar-refractivity contribution in [3.8, 4) is 5.75 Å². The minimum atomic E-state index is -4.99. The van der Waals surface area contributed by atoms with Gasteiger partial charge in [-0.3, -0.25) is 4.99 Å². The van der Waals surface area contributed by atoms with Crippen molar-refractivity contribution in [3.05, 3.63) is 59.8 Å². The lowest BCUT2D eigenvalue weighted by molar-refractivity contribution is -0.232. The first kappa shape index (κ1) is 21.2. The first-order valence-corrected chi connectivity index (χ1v) is 9.65. The van der Waals surface area contributed by atoms with Crippen LogP contribution in [-0.2, 0) is 0 Å². The van der Waals surface area contributed by atoms with Crippen LogP contribution in [0.15, 0.2) is 47.6 Å². The summed E-state index contributed by atoms with van der Waals surface area (Å²) in [4.78, 5) is 12.3. The van der Waals surface area contributed by atoms with Crippen LogP contribution >= 0.6 is 0 Å². The molecule has 0 saturated carbocycles. The second kappa shape index (κ2) is 7.88. The van der Waals surface area contributed by atoms with Crippen LogP contribution in [0.5, 0.6) is 5.75 Å². The highest BCUT2D eigenvalue weighted by molar-refractivity contribution is 5.91. The van der Waals surface area contributed by atoms with Gasteiger partial charge in [0.15, 0.2) is 5.60 Å². The van der Waals surface area contributed by atoms with Gasteiger partial charge in [-0.05, 0) is 56.0 Å². The van der Waals surface area contributed by atoms with Gasteiger partial charge in [0.05, 0.1) is 17.8 Å². The Labute approximate surface area is 175 Å². The molecule has 31 heavy (non-hydrogen) atoms. The standard InChI is InChI=1S/C22H19F4N3O2/c1-13-27-11-17-18(3-2-4-19(17)29-13)28-12-21(30,22(24,25)26)10-14-7-8-31-20-6-5-15(23)9-16(14)20/h2-6,9,11-12,14,30H,7-8,10H2,1H3/b28-12-. The van der Waals surface area contributed by atoms with Gasteiger partial charge in [0.2, 0.25) is 0 Å². The molecule has 9 heteroatoms. The van der Waals surface area contributed by atoms with Gasteiger partial charge >= 0.3 is 6.18 Å². The molecule has 2 aromatic carbocycles. The molecule has 0 radical (unpaired) electrons. The molecule has 5 nitrogen and oxygen atoms in total. The zero-order valence-electron chi connectivity index (χ0n) is 16.5. The molecule has 162 valence electrons. The van der Waals surface area contributed by atoms with Gasteiger partial charge in [0.25, 0.3) is 0 Å². The number of aliphatic hydroxyl groups is 1. The van der Waals surface area contributed by atoms with E-state index >= 15 is 0 Å². The largest absolute Gasteiger partial charge is 0.493 e. The number of hydrogen-bond donors (Lipinski definition) is 1. The lowest BCUT2D eigenvalue weighted by Crippen LogP contribution is -2.48. The van der Waals surface area contributed by atoms with E-state index in [9.17, 15) is 22.7 Å². The Balaban J connectivity index is 1.70. The maximum absolute atomic E-state index is 13.9. The average Bonchev–Trinajstić information content (AvgIpc) is 2.71. The van der Waals surface area contributed by atoms with Crippen molar-refractivity contribution in [2.45, 2.75) is 37.5 Å². The Morgan fingerprint density at radius 1 is 1.26 bits per heavy atom. The predicted octanol–water partition coefficient (Wildman–Crippen LogP) is 5.03. The van der Waals surface area contributed by atoms with Crippen molar-refractivity contribution in [1.29, 1.82) is 0 Å². The topological polar surface area (TPSA) is 67.6 Å². The minimum absolute atomic E-state index is 0.175. The molecule has 0 aliphatic carbocycles. The van der Waals surface area contributed by atoms with Gasteiger partial charge in [0, 0.05) is 23.4 Å². The zero-order valence-corrected chi connectivity index (χ0v) is 16.5. The van der Waals surface area contributed by atoms with E-state index in [1.165, 1.54) is 24.4 Å². The molecule has 1 N–H and O–H groups in total. The number of aliphatic imine (C=N–C) groups is 1. The second-order valence-electron chi connectivity index (χ2n) is 7.53. The van der Waals surface area contributed by atoms with Crippen LogP contribution < -0.4 is 4.74 Å². The number of alkyl halides is 3. The van der Waals surface area contributed by atoms with Crippen molar-refractivity contribution in [2.24, 2.45) is 4.99 Å². The van der Waals surface area contributed by atoms with Crippen LogP contribution in [0.25, 0.3) is 10.9 Å². The molecule has 3 aromatic rings. The second-order valence-corrected chi connectivity index (χ2v) is 7.53. The van der Waals surface area contributed by atoms with Gasteiger partial charge in [-0.2, -0.15) is 13.2 Å².